The molecule has 1 aromatic carbocycles. The topological polar surface area (TPSA) is 26.3 Å². The van der Waals surface area contributed by atoms with Gasteiger partial charge in [0.25, 0.3) is 0 Å². The van der Waals surface area contributed by atoms with Gasteiger partial charge in [-0.1, -0.05) is 13.8 Å². The Morgan fingerprint density at radius 2 is 2.00 bits per heavy atom. The van der Waals surface area contributed by atoms with Crippen LogP contribution in [-0.2, 0) is 0 Å². The van der Waals surface area contributed by atoms with Gasteiger partial charge in [-0.05, 0) is 43.5 Å². The number of Topliss-reactive ketones (excluding diaryl/α,β-unsaturated/α-hetero) is 1. The van der Waals surface area contributed by atoms with E-state index in [4.69, 9.17) is 4.74 Å². The van der Waals surface area contributed by atoms with Crippen LogP contribution in [0.15, 0.2) is 24.3 Å². The molecule has 0 aromatic heterocycles. The summed E-state index contributed by atoms with van der Waals surface area (Å²) in [5.41, 5.74) is 0.789. The molecule has 1 unspecified atom stereocenters. The first-order valence-corrected chi connectivity index (χ1v) is 6.01. The number of carbonyl (C=O) groups is 1. The number of hydrogen-bond acceptors (Lipinski definition) is 2. The molecule has 1 saturated carbocycles. The molecule has 1 aromatic rings. The standard InChI is InChI=1S/C14H18O2/c1-3-10(2)14(15)11-4-6-12(7-5-11)16-13-8-9-13/h4-7,10,13H,3,8-9H2,1-2H3. The first-order valence-electron chi connectivity index (χ1n) is 6.01. The van der Waals surface area contributed by atoms with E-state index in [-0.39, 0.29) is 11.7 Å². The van der Waals surface area contributed by atoms with Gasteiger partial charge in [-0.3, -0.25) is 4.79 Å². The average molecular weight is 218 g/mol. The molecule has 2 nitrogen and oxygen atoms in total. The second-order valence-electron chi connectivity index (χ2n) is 4.52. The Morgan fingerprint density at radius 3 is 2.50 bits per heavy atom. The highest BCUT2D eigenvalue weighted by molar-refractivity contribution is 5.97. The molecule has 0 amide bonds. The maximum atomic E-state index is 11.9. The van der Waals surface area contributed by atoms with Crippen LogP contribution >= 0.6 is 0 Å². The zero-order chi connectivity index (χ0) is 11.5. The first kappa shape index (κ1) is 11.2. The lowest BCUT2D eigenvalue weighted by Gasteiger charge is -2.08. The van der Waals surface area contributed by atoms with Crippen LogP contribution in [0.25, 0.3) is 0 Å². The van der Waals surface area contributed by atoms with E-state index in [0.29, 0.717) is 6.10 Å². The molecule has 1 aliphatic rings. The molecule has 2 heteroatoms. The van der Waals surface area contributed by atoms with Gasteiger partial charge in [0.15, 0.2) is 5.78 Å². The molecule has 16 heavy (non-hydrogen) atoms. The van der Waals surface area contributed by atoms with Crippen LogP contribution in [0, 0.1) is 5.92 Å². The molecular weight excluding hydrogens is 200 g/mol. The Morgan fingerprint density at radius 1 is 1.38 bits per heavy atom. The van der Waals surface area contributed by atoms with Crippen molar-refractivity contribution in [2.24, 2.45) is 5.92 Å². The summed E-state index contributed by atoms with van der Waals surface area (Å²) in [6, 6.07) is 7.53. The molecule has 0 heterocycles. The molecule has 0 saturated heterocycles. The van der Waals surface area contributed by atoms with E-state index >= 15 is 0 Å². The summed E-state index contributed by atoms with van der Waals surface area (Å²) < 4.78 is 5.64. The van der Waals surface area contributed by atoms with Crippen LogP contribution in [0.5, 0.6) is 5.75 Å². The zero-order valence-corrected chi connectivity index (χ0v) is 9.90. The zero-order valence-electron chi connectivity index (χ0n) is 9.90. The van der Waals surface area contributed by atoms with Crippen molar-refractivity contribution in [3.8, 4) is 5.75 Å². The minimum Gasteiger partial charge on any atom is -0.490 e. The van der Waals surface area contributed by atoms with Gasteiger partial charge < -0.3 is 4.74 Å². The fourth-order valence-corrected chi connectivity index (χ4v) is 1.55. The summed E-state index contributed by atoms with van der Waals surface area (Å²) in [6.45, 7) is 4.00. The van der Waals surface area contributed by atoms with Crippen molar-refractivity contribution in [3.63, 3.8) is 0 Å². The summed E-state index contributed by atoms with van der Waals surface area (Å²) >= 11 is 0. The number of ether oxygens (including phenoxy) is 1. The third-order valence-corrected chi connectivity index (χ3v) is 3.03. The minimum atomic E-state index is 0.107. The predicted octanol–water partition coefficient (Wildman–Crippen LogP) is 3.46. The summed E-state index contributed by atoms with van der Waals surface area (Å²) in [5.74, 6) is 1.21. The Bertz CT molecular complexity index is 363. The molecule has 0 N–H and O–H groups in total. The third-order valence-electron chi connectivity index (χ3n) is 3.03. The summed E-state index contributed by atoms with van der Waals surface area (Å²) in [6.07, 6.45) is 3.62. The van der Waals surface area contributed by atoms with Gasteiger partial charge in [-0.2, -0.15) is 0 Å². The maximum absolute atomic E-state index is 11.9. The average Bonchev–Trinajstić information content (AvgIpc) is 3.12. The first-order chi connectivity index (χ1) is 7.70. The molecular formula is C14H18O2. The summed E-state index contributed by atoms with van der Waals surface area (Å²) in [4.78, 5) is 11.9. The third kappa shape index (κ3) is 2.63. The number of rotatable bonds is 5. The molecule has 0 radical (unpaired) electrons. The van der Waals surface area contributed by atoms with Gasteiger partial charge in [-0.25, -0.2) is 0 Å². The molecule has 0 bridgehead atoms. The number of carbonyl (C=O) groups excluding carboxylic acids is 1. The Kier molecular flexibility index (Phi) is 3.28. The van der Waals surface area contributed by atoms with E-state index in [1.54, 1.807) is 0 Å². The van der Waals surface area contributed by atoms with Gasteiger partial charge in [0.1, 0.15) is 5.75 Å². The highest BCUT2D eigenvalue weighted by Crippen LogP contribution is 2.27. The van der Waals surface area contributed by atoms with Crippen LogP contribution in [-0.4, -0.2) is 11.9 Å². The van der Waals surface area contributed by atoms with Gasteiger partial charge >= 0.3 is 0 Å². The normalized spacial score (nSPS) is 16.9. The van der Waals surface area contributed by atoms with Crippen LogP contribution in [0.2, 0.25) is 0 Å². The van der Waals surface area contributed by atoms with Gasteiger partial charge in [0, 0.05) is 11.5 Å². The van der Waals surface area contributed by atoms with Crippen molar-refractivity contribution < 1.29 is 9.53 Å². The maximum Gasteiger partial charge on any atom is 0.165 e. The summed E-state index contributed by atoms with van der Waals surface area (Å²) in [7, 11) is 0. The van der Waals surface area contributed by atoms with Crippen LogP contribution in [0.4, 0.5) is 0 Å². The largest absolute Gasteiger partial charge is 0.490 e. The lowest BCUT2D eigenvalue weighted by Crippen LogP contribution is -2.10. The second-order valence-corrected chi connectivity index (χ2v) is 4.52. The quantitative estimate of drug-likeness (QED) is 0.707. The SMILES string of the molecule is CCC(C)C(=O)c1ccc(OC2CC2)cc1. The number of ketones is 1. The highest BCUT2D eigenvalue weighted by Gasteiger charge is 2.23. The van der Waals surface area contributed by atoms with Crippen LogP contribution < -0.4 is 4.74 Å². The van der Waals surface area contributed by atoms with E-state index in [1.807, 2.05) is 38.1 Å². The van der Waals surface area contributed by atoms with E-state index in [1.165, 1.54) is 0 Å². The molecule has 0 aliphatic heterocycles. The van der Waals surface area contributed by atoms with Gasteiger partial charge in [0.05, 0.1) is 6.10 Å². The molecule has 86 valence electrons. The van der Waals surface area contributed by atoms with Crippen molar-refractivity contribution in [1.82, 2.24) is 0 Å². The van der Waals surface area contributed by atoms with E-state index in [9.17, 15) is 4.79 Å². The fraction of sp³-hybridized carbons (Fsp3) is 0.500. The highest BCUT2D eigenvalue weighted by atomic mass is 16.5. The monoisotopic (exact) mass is 218 g/mol. The Balaban J connectivity index is 2.02. The lowest BCUT2D eigenvalue weighted by atomic mass is 9.97. The van der Waals surface area contributed by atoms with E-state index in [2.05, 4.69) is 0 Å². The summed E-state index contributed by atoms with van der Waals surface area (Å²) in [5, 5.41) is 0. The van der Waals surface area contributed by atoms with Crippen molar-refractivity contribution in [1.29, 1.82) is 0 Å². The van der Waals surface area contributed by atoms with Crippen molar-refractivity contribution >= 4 is 5.78 Å². The van der Waals surface area contributed by atoms with E-state index < -0.39 is 0 Å². The predicted molar refractivity (Wildman–Crippen MR) is 63.9 cm³/mol. The van der Waals surface area contributed by atoms with Crippen molar-refractivity contribution in [3.05, 3.63) is 29.8 Å². The van der Waals surface area contributed by atoms with Gasteiger partial charge in [0.2, 0.25) is 0 Å². The Hall–Kier alpha value is -1.31. The smallest absolute Gasteiger partial charge is 0.165 e. The minimum absolute atomic E-state index is 0.107. The van der Waals surface area contributed by atoms with Gasteiger partial charge in [-0.15, -0.1) is 0 Å². The van der Waals surface area contributed by atoms with Crippen LogP contribution in [0.1, 0.15) is 43.5 Å². The number of benzene rings is 1. The van der Waals surface area contributed by atoms with Crippen molar-refractivity contribution in [2.75, 3.05) is 0 Å². The fourth-order valence-electron chi connectivity index (χ4n) is 1.55. The van der Waals surface area contributed by atoms with Crippen LogP contribution in [0.3, 0.4) is 0 Å². The van der Waals surface area contributed by atoms with Crippen molar-refractivity contribution in [2.45, 2.75) is 39.2 Å². The second kappa shape index (κ2) is 4.69. The molecule has 0 spiro atoms. The molecule has 1 atom stereocenters. The Labute approximate surface area is 96.6 Å². The van der Waals surface area contributed by atoms with E-state index in [0.717, 1.165) is 30.6 Å². The molecule has 1 fully saturated rings. The number of hydrogen-bond donors (Lipinski definition) is 0. The molecule has 2 rings (SSSR count). The lowest BCUT2D eigenvalue weighted by molar-refractivity contribution is 0.0927. The molecule has 1 aliphatic carbocycles.